The Balaban J connectivity index is 3.58. The topological polar surface area (TPSA) is 29.5 Å². The van der Waals surface area contributed by atoms with Gasteiger partial charge in [0, 0.05) is 0 Å². The van der Waals surface area contributed by atoms with Crippen LogP contribution in [0.2, 0.25) is 0 Å². The zero-order valence-corrected chi connectivity index (χ0v) is 8.75. The molecule has 0 radical (unpaired) electrons. The van der Waals surface area contributed by atoms with Crippen LogP contribution >= 0.6 is 0 Å². The van der Waals surface area contributed by atoms with E-state index in [9.17, 15) is 4.79 Å². The van der Waals surface area contributed by atoms with Crippen molar-refractivity contribution in [1.82, 2.24) is 4.90 Å². The summed E-state index contributed by atoms with van der Waals surface area (Å²) in [7, 11) is 3.69. The Morgan fingerprint density at radius 3 is 2.69 bits per heavy atom. The van der Waals surface area contributed by atoms with Gasteiger partial charge in [0.15, 0.2) is 0 Å². The average molecular weight is 185 g/mol. The first-order chi connectivity index (χ1) is 6.06. The van der Waals surface area contributed by atoms with Gasteiger partial charge in [-0.05, 0) is 33.9 Å². The molecule has 0 bridgehead atoms. The lowest BCUT2D eigenvalue weighted by Crippen LogP contribution is -2.26. The van der Waals surface area contributed by atoms with Crippen LogP contribution in [-0.2, 0) is 9.53 Å². The second kappa shape index (κ2) is 6.66. The van der Waals surface area contributed by atoms with Crippen molar-refractivity contribution in [2.24, 2.45) is 0 Å². The third-order valence-corrected chi connectivity index (χ3v) is 1.56. The van der Waals surface area contributed by atoms with Crippen molar-refractivity contribution in [2.45, 2.75) is 25.9 Å². The van der Waals surface area contributed by atoms with E-state index < -0.39 is 0 Å². The molecular formula is C10H19NO2. The highest BCUT2D eigenvalue weighted by Gasteiger charge is 2.08. The normalized spacial score (nSPS) is 12.6. The largest absolute Gasteiger partial charge is 0.462 e. The van der Waals surface area contributed by atoms with Gasteiger partial charge in [-0.25, -0.2) is 0 Å². The summed E-state index contributed by atoms with van der Waals surface area (Å²) in [6.45, 7) is 5.86. The van der Waals surface area contributed by atoms with Gasteiger partial charge in [-0.1, -0.05) is 6.08 Å². The highest BCUT2D eigenvalue weighted by molar-refractivity contribution is 5.71. The van der Waals surface area contributed by atoms with E-state index in [2.05, 4.69) is 6.58 Å². The number of esters is 1. The van der Waals surface area contributed by atoms with Crippen molar-refractivity contribution in [3.63, 3.8) is 0 Å². The van der Waals surface area contributed by atoms with E-state index in [0.29, 0.717) is 6.54 Å². The highest BCUT2D eigenvalue weighted by atomic mass is 16.5. The molecule has 0 aromatic rings. The van der Waals surface area contributed by atoms with Crippen molar-refractivity contribution in [3.05, 3.63) is 12.7 Å². The Hall–Kier alpha value is -0.830. The van der Waals surface area contributed by atoms with Gasteiger partial charge in [-0.2, -0.15) is 0 Å². The molecule has 0 spiro atoms. The number of ether oxygens (including phenoxy) is 1. The summed E-state index contributed by atoms with van der Waals surface area (Å²) in [5.74, 6) is -0.165. The third-order valence-electron chi connectivity index (χ3n) is 1.56. The number of hydrogen-bond acceptors (Lipinski definition) is 3. The van der Waals surface area contributed by atoms with Crippen molar-refractivity contribution in [3.8, 4) is 0 Å². The lowest BCUT2D eigenvalue weighted by Gasteiger charge is -2.14. The molecule has 3 heteroatoms. The molecule has 1 unspecified atom stereocenters. The van der Waals surface area contributed by atoms with E-state index >= 15 is 0 Å². The number of likely N-dealkylation sites (N-methyl/N-ethyl adjacent to an activating group) is 1. The van der Waals surface area contributed by atoms with Gasteiger partial charge in [0.2, 0.25) is 0 Å². The Kier molecular flexibility index (Phi) is 6.24. The zero-order valence-electron chi connectivity index (χ0n) is 8.75. The first kappa shape index (κ1) is 12.2. The first-order valence-corrected chi connectivity index (χ1v) is 4.51. The SMILES string of the molecule is C=CCCC(C)OC(=O)CN(C)C. The van der Waals surface area contributed by atoms with Gasteiger partial charge in [0.25, 0.3) is 0 Å². The zero-order chi connectivity index (χ0) is 10.3. The molecule has 3 nitrogen and oxygen atoms in total. The summed E-state index contributed by atoms with van der Waals surface area (Å²) in [6, 6.07) is 0. The molecule has 76 valence electrons. The quantitative estimate of drug-likeness (QED) is 0.463. The third kappa shape index (κ3) is 7.53. The first-order valence-electron chi connectivity index (χ1n) is 4.51. The fraction of sp³-hybridized carbons (Fsp3) is 0.700. The van der Waals surface area contributed by atoms with Gasteiger partial charge in [0.05, 0.1) is 12.6 Å². The van der Waals surface area contributed by atoms with Gasteiger partial charge in [-0.3, -0.25) is 9.69 Å². The summed E-state index contributed by atoms with van der Waals surface area (Å²) in [6.07, 6.45) is 3.56. The monoisotopic (exact) mass is 185 g/mol. The molecule has 0 aromatic heterocycles. The van der Waals surface area contributed by atoms with E-state index in [4.69, 9.17) is 4.74 Å². The maximum atomic E-state index is 11.1. The van der Waals surface area contributed by atoms with E-state index in [1.807, 2.05) is 27.1 Å². The summed E-state index contributed by atoms with van der Waals surface area (Å²) < 4.78 is 5.13. The minimum absolute atomic E-state index is 0.00884. The van der Waals surface area contributed by atoms with Crippen molar-refractivity contribution >= 4 is 5.97 Å². The van der Waals surface area contributed by atoms with Crippen molar-refractivity contribution in [2.75, 3.05) is 20.6 Å². The van der Waals surface area contributed by atoms with E-state index in [1.54, 1.807) is 4.90 Å². The van der Waals surface area contributed by atoms with Gasteiger partial charge < -0.3 is 4.74 Å². The summed E-state index contributed by atoms with van der Waals surface area (Å²) in [5.41, 5.74) is 0. The molecule has 0 N–H and O–H groups in total. The molecule has 0 aromatic carbocycles. The molecule has 0 saturated carbocycles. The minimum atomic E-state index is -0.165. The Labute approximate surface area is 80.4 Å². The van der Waals surface area contributed by atoms with Gasteiger partial charge in [-0.15, -0.1) is 6.58 Å². The lowest BCUT2D eigenvalue weighted by molar-refractivity contribution is -0.149. The molecular weight excluding hydrogens is 166 g/mol. The van der Waals surface area contributed by atoms with Crippen LogP contribution in [0.15, 0.2) is 12.7 Å². The predicted octanol–water partition coefficient (Wildman–Crippen LogP) is 1.45. The summed E-state index contributed by atoms with van der Waals surface area (Å²) in [4.78, 5) is 12.9. The van der Waals surface area contributed by atoms with Crippen LogP contribution in [0.1, 0.15) is 19.8 Å². The Morgan fingerprint density at radius 1 is 1.62 bits per heavy atom. The number of hydrogen-bond donors (Lipinski definition) is 0. The standard InChI is InChI=1S/C10H19NO2/c1-5-6-7-9(2)13-10(12)8-11(3)4/h5,9H,1,6-8H2,2-4H3. The number of rotatable bonds is 6. The van der Waals surface area contributed by atoms with Crippen LogP contribution in [-0.4, -0.2) is 37.6 Å². The Morgan fingerprint density at radius 2 is 2.23 bits per heavy atom. The lowest BCUT2D eigenvalue weighted by atomic mass is 10.2. The molecule has 0 aliphatic heterocycles. The molecule has 13 heavy (non-hydrogen) atoms. The fourth-order valence-corrected chi connectivity index (χ4v) is 0.931. The number of carbonyl (C=O) groups excluding carboxylic acids is 1. The van der Waals surface area contributed by atoms with Crippen molar-refractivity contribution < 1.29 is 9.53 Å². The molecule has 0 amide bonds. The van der Waals surface area contributed by atoms with E-state index in [-0.39, 0.29) is 12.1 Å². The van der Waals surface area contributed by atoms with E-state index in [0.717, 1.165) is 12.8 Å². The second-order valence-electron chi connectivity index (χ2n) is 3.40. The van der Waals surface area contributed by atoms with Crippen LogP contribution in [0.5, 0.6) is 0 Å². The van der Waals surface area contributed by atoms with E-state index in [1.165, 1.54) is 0 Å². The molecule has 1 atom stereocenters. The molecule has 0 rings (SSSR count). The van der Waals surface area contributed by atoms with Crippen LogP contribution in [0.25, 0.3) is 0 Å². The van der Waals surface area contributed by atoms with Crippen LogP contribution < -0.4 is 0 Å². The molecule has 0 saturated heterocycles. The van der Waals surface area contributed by atoms with Gasteiger partial charge in [0.1, 0.15) is 0 Å². The molecule has 0 aliphatic rings. The van der Waals surface area contributed by atoms with Crippen LogP contribution in [0, 0.1) is 0 Å². The number of carbonyl (C=O) groups is 1. The number of nitrogens with zero attached hydrogens (tertiary/aromatic N) is 1. The predicted molar refractivity (Wildman–Crippen MR) is 53.5 cm³/mol. The molecule has 0 aliphatic carbocycles. The highest BCUT2D eigenvalue weighted by Crippen LogP contribution is 2.02. The van der Waals surface area contributed by atoms with Crippen LogP contribution in [0.4, 0.5) is 0 Å². The smallest absolute Gasteiger partial charge is 0.320 e. The van der Waals surface area contributed by atoms with Crippen LogP contribution in [0.3, 0.4) is 0 Å². The minimum Gasteiger partial charge on any atom is -0.462 e. The summed E-state index contributed by atoms with van der Waals surface area (Å²) >= 11 is 0. The Bertz CT molecular complexity index is 166. The average Bonchev–Trinajstić information content (AvgIpc) is 1.98. The fourth-order valence-electron chi connectivity index (χ4n) is 0.931. The maximum absolute atomic E-state index is 11.1. The maximum Gasteiger partial charge on any atom is 0.320 e. The number of allylic oxidation sites excluding steroid dienone is 1. The molecule has 0 fully saturated rings. The van der Waals surface area contributed by atoms with Crippen molar-refractivity contribution in [1.29, 1.82) is 0 Å². The molecule has 0 heterocycles. The van der Waals surface area contributed by atoms with Gasteiger partial charge >= 0.3 is 5.97 Å². The summed E-state index contributed by atoms with van der Waals surface area (Å²) in [5, 5.41) is 0. The second-order valence-corrected chi connectivity index (χ2v) is 3.40.